The maximum atomic E-state index is 12.5. The number of para-hydroxylation sites is 1. The van der Waals surface area contributed by atoms with E-state index >= 15 is 0 Å². The lowest BCUT2D eigenvalue weighted by molar-refractivity contribution is 0.131. The fraction of sp³-hybridized carbons (Fsp3) is 0.0370. The number of fused-ring (bicyclic) bond motifs is 4. The lowest BCUT2D eigenvalue weighted by Crippen LogP contribution is -2.27. The normalized spacial score (nSPS) is 17.0. The average Bonchev–Trinajstić information content (AvgIpc) is 3.32. The van der Waals surface area contributed by atoms with Crippen LogP contribution < -0.4 is 0 Å². The van der Waals surface area contributed by atoms with Crippen LogP contribution >= 0.6 is 27.5 Å². The van der Waals surface area contributed by atoms with Crippen LogP contribution in [0.25, 0.3) is 33.2 Å². The third-order valence-electron chi connectivity index (χ3n) is 6.12. The van der Waals surface area contributed by atoms with Crippen molar-refractivity contribution >= 4 is 38.5 Å². The van der Waals surface area contributed by atoms with Gasteiger partial charge in [0.15, 0.2) is 0 Å². The first kappa shape index (κ1) is 18.9. The molecule has 4 aromatic carbocycles. The number of hydrogen-bond acceptors (Lipinski definition) is 2. The second-order valence-electron chi connectivity index (χ2n) is 7.78. The van der Waals surface area contributed by atoms with Gasteiger partial charge in [0.2, 0.25) is 0 Å². The third-order valence-corrected chi connectivity index (χ3v) is 6.85. The summed E-state index contributed by atoms with van der Waals surface area (Å²) in [4.78, 5) is 0. The summed E-state index contributed by atoms with van der Waals surface area (Å²) in [6.07, 6.45) is 1.75. The van der Waals surface area contributed by atoms with Crippen molar-refractivity contribution in [3.8, 4) is 22.3 Å². The van der Waals surface area contributed by atoms with Crippen molar-refractivity contribution in [1.82, 2.24) is 0 Å². The van der Waals surface area contributed by atoms with Crippen molar-refractivity contribution in [3.05, 3.63) is 117 Å². The number of benzene rings is 4. The minimum atomic E-state index is -1.35. The molecule has 1 aromatic heterocycles. The SMILES string of the molecule is OC1(c2cc(Cl)ccc2-c2coc3ccccc23)c2ccccc2-c2ccc(Br)cc21. The summed E-state index contributed by atoms with van der Waals surface area (Å²) in [5.74, 6) is 0. The van der Waals surface area contributed by atoms with E-state index < -0.39 is 5.60 Å². The molecule has 2 nitrogen and oxygen atoms in total. The predicted octanol–water partition coefficient (Wildman–Crippen LogP) is 7.78. The van der Waals surface area contributed by atoms with Crippen molar-refractivity contribution in [2.24, 2.45) is 0 Å². The van der Waals surface area contributed by atoms with E-state index in [9.17, 15) is 5.11 Å². The summed E-state index contributed by atoms with van der Waals surface area (Å²) in [6.45, 7) is 0. The van der Waals surface area contributed by atoms with Crippen molar-refractivity contribution in [2.75, 3.05) is 0 Å². The quantitative estimate of drug-likeness (QED) is 0.276. The van der Waals surface area contributed by atoms with E-state index in [4.69, 9.17) is 16.0 Å². The van der Waals surface area contributed by atoms with E-state index in [1.54, 1.807) is 6.26 Å². The maximum absolute atomic E-state index is 12.5. The Hall–Kier alpha value is -2.85. The van der Waals surface area contributed by atoms with Gasteiger partial charge in [-0.3, -0.25) is 0 Å². The Labute approximate surface area is 192 Å². The lowest BCUT2D eigenvalue weighted by atomic mass is 9.80. The van der Waals surface area contributed by atoms with Crippen LogP contribution in [0, 0.1) is 0 Å². The molecule has 0 radical (unpaired) electrons. The molecule has 1 aliphatic carbocycles. The molecule has 0 fully saturated rings. The van der Waals surface area contributed by atoms with E-state index in [1.165, 1.54) is 0 Å². The van der Waals surface area contributed by atoms with Gasteiger partial charge in [-0.05, 0) is 47.0 Å². The summed E-state index contributed by atoms with van der Waals surface area (Å²) in [6, 6.07) is 27.6. The standard InChI is InChI=1S/C27H16BrClO2/c28-16-9-11-19-18-5-1-3-7-23(18)27(30,24(19)13-16)25-14-17(29)10-12-20(25)22-15-31-26-8-4-2-6-21(22)26/h1-15,30H. The summed E-state index contributed by atoms with van der Waals surface area (Å²) < 4.78 is 6.73. The number of furan rings is 1. The second kappa shape index (κ2) is 6.83. The highest BCUT2D eigenvalue weighted by atomic mass is 79.9. The first-order valence-electron chi connectivity index (χ1n) is 9.96. The number of hydrogen-bond donors (Lipinski definition) is 1. The molecule has 0 spiro atoms. The summed E-state index contributed by atoms with van der Waals surface area (Å²) in [5.41, 5.74) is 5.72. The van der Waals surface area contributed by atoms with Gasteiger partial charge < -0.3 is 9.52 Å². The van der Waals surface area contributed by atoms with Crippen molar-refractivity contribution < 1.29 is 9.52 Å². The van der Waals surface area contributed by atoms with E-state index in [1.807, 2.05) is 78.9 Å². The van der Waals surface area contributed by atoms with E-state index in [-0.39, 0.29) is 0 Å². The largest absolute Gasteiger partial charge is 0.464 e. The smallest absolute Gasteiger partial charge is 0.142 e. The minimum absolute atomic E-state index is 0.570. The molecule has 0 saturated heterocycles. The van der Waals surface area contributed by atoms with Crippen LogP contribution in [0.4, 0.5) is 0 Å². The molecule has 1 aliphatic rings. The highest BCUT2D eigenvalue weighted by Gasteiger charge is 2.44. The van der Waals surface area contributed by atoms with Gasteiger partial charge in [-0.2, -0.15) is 0 Å². The van der Waals surface area contributed by atoms with Crippen LogP contribution in [-0.4, -0.2) is 5.11 Å². The van der Waals surface area contributed by atoms with Crippen LogP contribution in [0.1, 0.15) is 16.7 Å². The number of aliphatic hydroxyl groups is 1. The molecule has 0 bridgehead atoms. The zero-order valence-electron chi connectivity index (χ0n) is 16.3. The van der Waals surface area contributed by atoms with Gasteiger partial charge >= 0.3 is 0 Å². The van der Waals surface area contributed by atoms with E-state index in [0.717, 1.165) is 54.4 Å². The molecule has 0 amide bonds. The monoisotopic (exact) mass is 486 g/mol. The zero-order chi connectivity index (χ0) is 21.2. The molecule has 0 aliphatic heterocycles. The molecule has 4 heteroatoms. The van der Waals surface area contributed by atoms with Crippen molar-refractivity contribution in [2.45, 2.75) is 5.60 Å². The summed E-state index contributed by atoms with van der Waals surface area (Å²) in [5, 5.41) is 14.0. The van der Waals surface area contributed by atoms with Crippen LogP contribution in [0.5, 0.6) is 0 Å². The molecule has 0 saturated carbocycles. The molecule has 31 heavy (non-hydrogen) atoms. The number of halogens is 2. The van der Waals surface area contributed by atoms with Gasteiger partial charge in [-0.1, -0.05) is 82.1 Å². The van der Waals surface area contributed by atoms with Gasteiger partial charge in [0.1, 0.15) is 11.2 Å². The fourth-order valence-electron chi connectivity index (χ4n) is 4.76. The minimum Gasteiger partial charge on any atom is -0.464 e. The molecule has 1 atom stereocenters. The maximum Gasteiger partial charge on any atom is 0.142 e. The molecule has 1 N–H and O–H groups in total. The highest BCUT2D eigenvalue weighted by molar-refractivity contribution is 9.10. The summed E-state index contributed by atoms with van der Waals surface area (Å²) in [7, 11) is 0. The highest BCUT2D eigenvalue weighted by Crippen LogP contribution is 2.54. The first-order valence-corrected chi connectivity index (χ1v) is 11.1. The van der Waals surface area contributed by atoms with Crippen LogP contribution in [0.3, 0.4) is 0 Å². The first-order chi connectivity index (χ1) is 15.1. The Kier molecular flexibility index (Phi) is 4.16. The van der Waals surface area contributed by atoms with Crippen molar-refractivity contribution in [3.63, 3.8) is 0 Å². The Morgan fingerprint density at radius 1 is 0.710 bits per heavy atom. The van der Waals surface area contributed by atoms with Gasteiger partial charge in [-0.25, -0.2) is 0 Å². The fourth-order valence-corrected chi connectivity index (χ4v) is 5.29. The molecule has 6 rings (SSSR count). The molecule has 5 aromatic rings. The second-order valence-corrected chi connectivity index (χ2v) is 9.13. The third kappa shape index (κ3) is 2.67. The van der Waals surface area contributed by atoms with Gasteiger partial charge in [0, 0.05) is 37.1 Å². The van der Waals surface area contributed by atoms with Crippen molar-refractivity contribution in [1.29, 1.82) is 0 Å². The van der Waals surface area contributed by atoms with Gasteiger partial charge in [0.05, 0.1) is 6.26 Å². The van der Waals surface area contributed by atoms with Crippen LogP contribution in [0.15, 0.2) is 100 Å². The van der Waals surface area contributed by atoms with Gasteiger partial charge in [0.25, 0.3) is 0 Å². The molecular weight excluding hydrogens is 472 g/mol. The zero-order valence-corrected chi connectivity index (χ0v) is 18.6. The number of rotatable bonds is 2. The summed E-state index contributed by atoms with van der Waals surface area (Å²) >= 11 is 10.1. The lowest BCUT2D eigenvalue weighted by Gasteiger charge is -2.29. The Morgan fingerprint density at radius 3 is 2.29 bits per heavy atom. The van der Waals surface area contributed by atoms with E-state index in [2.05, 4.69) is 22.0 Å². The topological polar surface area (TPSA) is 33.4 Å². The molecule has 150 valence electrons. The van der Waals surface area contributed by atoms with Crippen LogP contribution in [-0.2, 0) is 5.60 Å². The Balaban J connectivity index is 1.71. The molecular formula is C27H16BrClO2. The van der Waals surface area contributed by atoms with Gasteiger partial charge in [-0.15, -0.1) is 0 Å². The average molecular weight is 488 g/mol. The van der Waals surface area contributed by atoms with Crippen LogP contribution in [0.2, 0.25) is 5.02 Å². The Morgan fingerprint density at radius 2 is 1.39 bits per heavy atom. The van der Waals surface area contributed by atoms with E-state index in [0.29, 0.717) is 5.02 Å². The molecule has 1 heterocycles. The predicted molar refractivity (Wildman–Crippen MR) is 128 cm³/mol. The molecule has 1 unspecified atom stereocenters. The Bertz CT molecular complexity index is 1490.